The van der Waals surface area contributed by atoms with Gasteiger partial charge in [0.2, 0.25) is 0 Å². The molecule has 0 aliphatic heterocycles. The summed E-state index contributed by atoms with van der Waals surface area (Å²) in [5.41, 5.74) is 2.42. The smallest absolute Gasteiger partial charge is 0.0872 e. The second kappa shape index (κ2) is 6.89. The molecule has 2 rings (SSSR count). The Morgan fingerprint density at radius 1 is 1.25 bits per heavy atom. The molecule has 110 valence electrons. The third-order valence-corrected chi connectivity index (χ3v) is 3.99. The molecule has 3 heteroatoms. The van der Waals surface area contributed by atoms with Gasteiger partial charge in [-0.1, -0.05) is 51.8 Å². The number of benzene rings is 1. The summed E-state index contributed by atoms with van der Waals surface area (Å²) in [6, 6.07) is 8.87. The van der Waals surface area contributed by atoms with Crippen molar-refractivity contribution in [2.45, 2.75) is 46.1 Å². The largest absolute Gasteiger partial charge is 0.309 e. The van der Waals surface area contributed by atoms with E-state index in [1.807, 2.05) is 11.7 Å². The van der Waals surface area contributed by atoms with Crippen molar-refractivity contribution in [3.05, 3.63) is 30.0 Å². The molecule has 0 saturated carbocycles. The van der Waals surface area contributed by atoms with Gasteiger partial charge >= 0.3 is 0 Å². The van der Waals surface area contributed by atoms with Gasteiger partial charge in [0.25, 0.3) is 0 Å². The summed E-state index contributed by atoms with van der Waals surface area (Å²) >= 11 is 0. The molecule has 1 heterocycles. The Morgan fingerprint density at radius 2 is 2.00 bits per heavy atom. The number of rotatable bonds is 7. The molecule has 2 aromatic rings. The number of aryl methyl sites for hydroxylation is 1. The van der Waals surface area contributed by atoms with Crippen LogP contribution in [-0.4, -0.2) is 16.3 Å². The van der Waals surface area contributed by atoms with Crippen LogP contribution in [0.25, 0.3) is 10.9 Å². The lowest BCUT2D eigenvalue weighted by Gasteiger charge is -2.20. The third kappa shape index (κ3) is 3.21. The molecule has 0 saturated heterocycles. The van der Waals surface area contributed by atoms with Gasteiger partial charge in [0.15, 0.2) is 0 Å². The summed E-state index contributed by atoms with van der Waals surface area (Å²) in [7, 11) is 2.03. The van der Waals surface area contributed by atoms with Crippen LogP contribution in [0.2, 0.25) is 0 Å². The minimum Gasteiger partial charge on any atom is -0.309 e. The maximum atomic E-state index is 4.78. The van der Waals surface area contributed by atoms with E-state index in [1.165, 1.54) is 29.4 Å². The van der Waals surface area contributed by atoms with Crippen LogP contribution in [0.15, 0.2) is 24.3 Å². The molecule has 2 unspecified atom stereocenters. The van der Waals surface area contributed by atoms with Gasteiger partial charge in [-0.25, -0.2) is 0 Å². The van der Waals surface area contributed by atoms with Crippen molar-refractivity contribution >= 4 is 10.9 Å². The lowest BCUT2D eigenvalue weighted by Crippen LogP contribution is -2.23. The predicted octanol–water partition coefficient (Wildman–Crippen LogP) is 4.05. The van der Waals surface area contributed by atoms with E-state index in [9.17, 15) is 0 Å². The molecular weight excluding hydrogens is 246 g/mol. The predicted molar refractivity (Wildman–Crippen MR) is 85.8 cm³/mol. The van der Waals surface area contributed by atoms with Gasteiger partial charge in [-0.15, -0.1) is 0 Å². The van der Waals surface area contributed by atoms with Crippen molar-refractivity contribution in [3.63, 3.8) is 0 Å². The van der Waals surface area contributed by atoms with Gasteiger partial charge in [0, 0.05) is 12.4 Å². The SMILES string of the molecule is CCCC(C)CC(NCC)c1nn(C)c2ccccc12. The van der Waals surface area contributed by atoms with Crippen LogP contribution >= 0.6 is 0 Å². The fourth-order valence-electron chi connectivity index (χ4n) is 3.05. The first kappa shape index (κ1) is 15.0. The average Bonchev–Trinajstić information content (AvgIpc) is 2.77. The van der Waals surface area contributed by atoms with Crippen molar-refractivity contribution < 1.29 is 0 Å². The van der Waals surface area contributed by atoms with Gasteiger partial charge in [-0.05, 0) is 24.9 Å². The van der Waals surface area contributed by atoms with E-state index in [1.54, 1.807) is 0 Å². The van der Waals surface area contributed by atoms with E-state index in [4.69, 9.17) is 5.10 Å². The zero-order chi connectivity index (χ0) is 14.5. The quantitative estimate of drug-likeness (QED) is 0.824. The van der Waals surface area contributed by atoms with Crippen molar-refractivity contribution in [1.29, 1.82) is 0 Å². The number of hydrogen-bond donors (Lipinski definition) is 1. The fraction of sp³-hybridized carbons (Fsp3) is 0.588. The molecule has 0 fully saturated rings. The molecule has 1 aromatic carbocycles. The van der Waals surface area contributed by atoms with Gasteiger partial charge in [0.1, 0.15) is 0 Å². The minimum atomic E-state index is 0.354. The van der Waals surface area contributed by atoms with E-state index < -0.39 is 0 Å². The molecule has 0 amide bonds. The molecule has 0 aliphatic carbocycles. The molecule has 0 spiro atoms. The van der Waals surface area contributed by atoms with Gasteiger partial charge in [-0.2, -0.15) is 5.10 Å². The summed E-state index contributed by atoms with van der Waals surface area (Å²) in [5.74, 6) is 0.727. The monoisotopic (exact) mass is 273 g/mol. The Balaban J connectivity index is 2.31. The first-order valence-corrected chi connectivity index (χ1v) is 7.82. The Morgan fingerprint density at radius 3 is 2.70 bits per heavy atom. The number of nitrogens with zero attached hydrogens (tertiary/aromatic N) is 2. The van der Waals surface area contributed by atoms with Gasteiger partial charge in [0.05, 0.1) is 17.3 Å². The maximum Gasteiger partial charge on any atom is 0.0872 e. The maximum absolute atomic E-state index is 4.78. The highest BCUT2D eigenvalue weighted by Gasteiger charge is 2.20. The van der Waals surface area contributed by atoms with E-state index >= 15 is 0 Å². The van der Waals surface area contributed by atoms with E-state index in [2.05, 4.69) is 50.4 Å². The Bertz CT molecular complexity index is 544. The standard InChI is InChI=1S/C17H27N3/c1-5-9-13(3)12-15(18-6-2)17-14-10-7-8-11-16(14)20(4)19-17/h7-8,10-11,13,15,18H,5-6,9,12H2,1-4H3. The summed E-state index contributed by atoms with van der Waals surface area (Å²) in [5, 5.41) is 9.68. The van der Waals surface area contributed by atoms with Crippen LogP contribution in [0.3, 0.4) is 0 Å². The summed E-state index contributed by atoms with van der Waals surface area (Å²) < 4.78 is 2.00. The fourth-order valence-corrected chi connectivity index (χ4v) is 3.05. The van der Waals surface area contributed by atoms with Crippen LogP contribution in [0, 0.1) is 5.92 Å². The van der Waals surface area contributed by atoms with Crippen LogP contribution in [0.1, 0.15) is 51.8 Å². The number of aromatic nitrogens is 2. The van der Waals surface area contributed by atoms with E-state index in [-0.39, 0.29) is 0 Å². The zero-order valence-electron chi connectivity index (χ0n) is 13.2. The molecular formula is C17H27N3. The molecule has 0 radical (unpaired) electrons. The summed E-state index contributed by atoms with van der Waals surface area (Å²) in [6.45, 7) is 7.75. The van der Waals surface area contributed by atoms with Crippen molar-refractivity contribution in [2.75, 3.05) is 6.54 Å². The van der Waals surface area contributed by atoms with Crippen molar-refractivity contribution in [3.8, 4) is 0 Å². The highest BCUT2D eigenvalue weighted by molar-refractivity contribution is 5.82. The second-order valence-corrected chi connectivity index (χ2v) is 5.77. The average molecular weight is 273 g/mol. The van der Waals surface area contributed by atoms with Gasteiger partial charge < -0.3 is 5.32 Å². The second-order valence-electron chi connectivity index (χ2n) is 5.77. The van der Waals surface area contributed by atoms with Crippen LogP contribution in [-0.2, 0) is 7.05 Å². The van der Waals surface area contributed by atoms with Gasteiger partial charge in [-0.3, -0.25) is 4.68 Å². The van der Waals surface area contributed by atoms with Crippen LogP contribution in [0.5, 0.6) is 0 Å². The number of fused-ring (bicyclic) bond motifs is 1. The third-order valence-electron chi connectivity index (χ3n) is 3.99. The van der Waals surface area contributed by atoms with Crippen LogP contribution in [0.4, 0.5) is 0 Å². The number of hydrogen-bond acceptors (Lipinski definition) is 2. The summed E-state index contributed by atoms with van der Waals surface area (Å²) in [4.78, 5) is 0. The lowest BCUT2D eigenvalue weighted by molar-refractivity contribution is 0.389. The van der Waals surface area contributed by atoms with Crippen molar-refractivity contribution in [1.82, 2.24) is 15.1 Å². The molecule has 0 aliphatic rings. The minimum absolute atomic E-state index is 0.354. The first-order chi connectivity index (χ1) is 9.67. The summed E-state index contributed by atoms with van der Waals surface area (Å²) in [6.07, 6.45) is 3.69. The molecule has 0 bridgehead atoms. The Labute approximate surface area is 122 Å². The molecule has 1 aromatic heterocycles. The van der Waals surface area contributed by atoms with Crippen molar-refractivity contribution in [2.24, 2.45) is 13.0 Å². The normalized spacial score (nSPS) is 14.6. The first-order valence-electron chi connectivity index (χ1n) is 7.82. The molecule has 2 atom stereocenters. The topological polar surface area (TPSA) is 29.9 Å². The molecule has 20 heavy (non-hydrogen) atoms. The lowest BCUT2D eigenvalue weighted by atomic mass is 9.94. The highest BCUT2D eigenvalue weighted by atomic mass is 15.3. The Kier molecular flexibility index (Phi) is 5.18. The zero-order valence-corrected chi connectivity index (χ0v) is 13.2. The molecule has 3 nitrogen and oxygen atoms in total. The van der Waals surface area contributed by atoms with E-state index in [0.717, 1.165) is 18.9 Å². The van der Waals surface area contributed by atoms with E-state index in [0.29, 0.717) is 6.04 Å². The number of nitrogens with one attached hydrogen (secondary N) is 1. The highest BCUT2D eigenvalue weighted by Crippen LogP contribution is 2.28. The number of para-hydroxylation sites is 1. The Hall–Kier alpha value is -1.35. The molecule has 1 N–H and O–H groups in total. The van der Waals surface area contributed by atoms with Crippen LogP contribution < -0.4 is 5.32 Å².